The Morgan fingerprint density at radius 3 is 2.59 bits per heavy atom. The molecule has 1 N–H and O–H groups in total. The van der Waals surface area contributed by atoms with Gasteiger partial charge < -0.3 is 9.64 Å². The van der Waals surface area contributed by atoms with E-state index in [-0.39, 0.29) is 0 Å². The first-order valence-corrected chi connectivity index (χ1v) is 5.39. The van der Waals surface area contributed by atoms with E-state index in [1.807, 2.05) is 0 Å². The molecule has 1 amide bonds. The predicted octanol–water partition coefficient (Wildman–Crippen LogP) is 0.722. The van der Waals surface area contributed by atoms with Crippen molar-refractivity contribution in [3.05, 3.63) is 0 Å². The Morgan fingerprint density at radius 1 is 1.59 bits per heavy atom. The van der Waals surface area contributed by atoms with Crippen molar-refractivity contribution in [1.29, 1.82) is 5.26 Å². The van der Waals surface area contributed by atoms with Gasteiger partial charge in [0.15, 0.2) is 0 Å². The van der Waals surface area contributed by atoms with E-state index < -0.39 is 17.2 Å². The molecule has 92 valence electrons. The van der Waals surface area contributed by atoms with Crippen LogP contribution in [0.1, 0.15) is 20.8 Å². The summed E-state index contributed by atoms with van der Waals surface area (Å²) in [5.41, 5.74) is -1.24. The van der Waals surface area contributed by atoms with Crippen molar-refractivity contribution in [1.82, 2.24) is 10.2 Å². The topological polar surface area (TPSA) is 65.4 Å². The standard InChI is InChI=1S/C12H17N3O2/c1-5-6-14-12(7-13)8-15(9-12)10(16)17-11(2,3)4/h1,14H,6,8-9H2,2-4H3. The lowest BCUT2D eigenvalue weighted by molar-refractivity contribution is -0.00422. The Balaban J connectivity index is 2.48. The van der Waals surface area contributed by atoms with E-state index in [0.717, 1.165) is 0 Å². The zero-order valence-corrected chi connectivity index (χ0v) is 10.4. The van der Waals surface area contributed by atoms with Crippen LogP contribution in [-0.4, -0.2) is 41.8 Å². The monoisotopic (exact) mass is 235 g/mol. The summed E-state index contributed by atoms with van der Waals surface area (Å²) in [6.07, 6.45) is 4.72. The Bertz CT molecular complexity index is 378. The summed E-state index contributed by atoms with van der Waals surface area (Å²) < 4.78 is 5.19. The maximum Gasteiger partial charge on any atom is 0.410 e. The summed E-state index contributed by atoms with van der Waals surface area (Å²) >= 11 is 0. The normalized spacial score (nSPS) is 17.6. The number of hydrogen-bond acceptors (Lipinski definition) is 4. The van der Waals surface area contributed by atoms with Crippen molar-refractivity contribution in [2.75, 3.05) is 19.6 Å². The van der Waals surface area contributed by atoms with E-state index in [1.54, 1.807) is 20.8 Å². The molecule has 1 aliphatic heterocycles. The lowest BCUT2D eigenvalue weighted by Crippen LogP contribution is -2.70. The van der Waals surface area contributed by atoms with Gasteiger partial charge in [0.05, 0.1) is 25.7 Å². The maximum absolute atomic E-state index is 11.6. The summed E-state index contributed by atoms with van der Waals surface area (Å²) in [5.74, 6) is 2.41. The lowest BCUT2D eigenvalue weighted by atomic mass is 9.92. The highest BCUT2D eigenvalue weighted by atomic mass is 16.6. The van der Waals surface area contributed by atoms with Crippen molar-refractivity contribution in [3.63, 3.8) is 0 Å². The van der Waals surface area contributed by atoms with Gasteiger partial charge in [-0.1, -0.05) is 5.92 Å². The van der Waals surface area contributed by atoms with Gasteiger partial charge >= 0.3 is 6.09 Å². The molecular formula is C12H17N3O2. The second-order valence-corrected chi connectivity index (χ2v) is 5.09. The van der Waals surface area contributed by atoms with Gasteiger partial charge in [0.2, 0.25) is 0 Å². The number of nitriles is 1. The third kappa shape index (κ3) is 3.37. The summed E-state index contributed by atoms with van der Waals surface area (Å²) in [7, 11) is 0. The molecule has 5 nitrogen and oxygen atoms in total. The molecule has 0 aliphatic carbocycles. The number of amides is 1. The number of carbonyl (C=O) groups excluding carboxylic acids is 1. The first-order valence-electron chi connectivity index (χ1n) is 5.39. The van der Waals surface area contributed by atoms with Gasteiger partial charge in [0.25, 0.3) is 0 Å². The second-order valence-electron chi connectivity index (χ2n) is 5.09. The van der Waals surface area contributed by atoms with Gasteiger partial charge in [0.1, 0.15) is 11.1 Å². The summed E-state index contributed by atoms with van der Waals surface area (Å²) in [6.45, 7) is 6.34. The van der Waals surface area contributed by atoms with Crippen LogP contribution in [0, 0.1) is 23.7 Å². The quantitative estimate of drug-likeness (QED) is 0.716. The lowest BCUT2D eigenvalue weighted by Gasteiger charge is -2.45. The van der Waals surface area contributed by atoms with E-state index in [0.29, 0.717) is 19.6 Å². The molecule has 1 heterocycles. The summed E-state index contributed by atoms with van der Waals surface area (Å²) in [6, 6.07) is 2.14. The fourth-order valence-electron chi connectivity index (χ4n) is 1.50. The number of nitrogens with one attached hydrogen (secondary N) is 1. The number of nitrogens with zero attached hydrogens (tertiary/aromatic N) is 2. The van der Waals surface area contributed by atoms with E-state index in [9.17, 15) is 4.79 Å². The zero-order valence-electron chi connectivity index (χ0n) is 10.4. The second kappa shape index (κ2) is 4.65. The van der Waals surface area contributed by atoms with Crippen molar-refractivity contribution in [3.8, 4) is 18.4 Å². The zero-order chi connectivity index (χ0) is 13.1. The minimum atomic E-state index is -0.719. The first-order chi connectivity index (χ1) is 7.82. The number of ether oxygens (including phenoxy) is 1. The maximum atomic E-state index is 11.6. The molecule has 1 rings (SSSR count). The first kappa shape index (κ1) is 13.3. The average molecular weight is 235 g/mol. The number of rotatable bonds is 2. The molecule has 5 heteroatoms. The third-order valence-corrected chi connectivity index (χ3v) is 2.32. The molecular weight excluding hydrogens is 218 g/mol. The SMILES string of the molecule is C#CCNC1(C#N)CN(C(=O)OC(C)(C)C)C1. The molecule has 0 aromatic heterocycles. The highest BCUT2D eigenvalue weighted by molar-refractivity contribution is 5.70. The van der Waals surface area contributed by atoms with E-state index >= 15 is 0 Å². The molecule has 0 aromatic rings. The fraction of sp³-hybridized carbons (Fsp3) is 0.667. The van der Waals surface area contributed by atoms with Crippen LogP contribution in [0.2, 0.25) is 0 Å². The van der Waals surface area contributed by atoms with Crippen LogP contribution < -0.4 is 5.32 Å². The van der Waals surface area contributed by atoms with Crippen LogP contribution in [-0.2, 0) is 4.74 Å². The molecule has 0 spiro atoms. The Labute approximate surface area is 102 Å². The summed E-state index contributed by atoms with van der Waals surface area (Å²) in [5, 5.41) is 12.0. The largest absolute Gasteiger partial charge is 0.444 e. The van der Waals surface area contributed by atoms with Crippen LogP contribution in [0.15, 0.2) is 0 Å². The minimum absolute atomic E-state index is 0.306. The number of hydrogen-bond donors (Lipinski definition) is 1. The van der Waals surface area contributed by atoms with Crippen LogP contribution in [0.5, 0.6) is 0 Å². The Hall–Kier alpha value is -1.72. The number of terminal acetylenes is 1. The van der Waals surface area contributed by atoms with E-state index in [1.165, 1.54) is 4.90 Å². The van der Waals surface area contributed by atoms with Crippen LogP contribution >= 0.6 is 0 Å². The highest BCUT2D eigenvalue weighted by Crippen LogP contribution is 2.22. The Morgan fingerprint density at radius 2 is 2.18 bits per heavy atom. The minimum Gasteiger partial charge on any atom is -0.444 e. The molecule has 0 aromatic carbocycles. The van der Waals surface area contributed by atoms with Gasteiger partial charge in [-0.2, -0.15) is 5.26 Å². The van der Waals surface area contributed by atoms with E-state index in [2.05, 4.69) is 17.3 Å². The van der Waals surface area contributed by atoms with Crippen molar-refractivity contribution >= 4 is 6.09 Å². The molecule has 0 radical (unpaired) electrons. The predicted molar refractivity (Wildman–Crippen MR) is 63.0 cm³/mol. The van der Waals surface area contributed by atoms with Crippen LogP contribution in [0.25, 0.3) is 0 Å². The molecule has 0 bridgehead atoms. The molecule has 0 unspecified atom stereocenters. The average Bonchev–Trinajstić information content (AvgIpc) is 2.14. The highest BCUT2D eigenvalue weighted by Gasteiger charge is 2.46. The van der Waals surface area contributed by atoms with Gasteiger partial charge in [0, 0.05) is 0 Å². The van der Waals surface area contributed by atoms with Crippen LogP contribution in [0.4, 0.5) is 4.79 Å². The van der Waals surface area contributed by atoms with Crippen molar-refractivity contribution in [2.24, 2.45) is 0 Å². The third-order valence-electron chi connectivity index (χ3n) is 2.32. The van der Waals surface area contributed by atoms with Crippen LogP contribution in [0.3, 0.4) is 0 Å². The van der Waals surface area contributed by atoms with Crippen molar-refractivity contribution < 1.29 is 9.53 Å². The van der Waals surface area contributed by atoms with Gasteiger partial charge in [-0.3, -0.25) is 5.32 Å². The number of carbonyl (C=O) groups is 1. The van der Waals surface area contributed by atoms with Gasteiger partial charge in [-0.15, -0.1) is 6.42 Å². The van der Waals surface area contributed by atoms with Gasteiger partial charge in [-0.25, -0.2) is 4.79 Å². The molecule has 1 saturated heterocycles. The van der Waals surface area contributed by atoms with Crippen molar-refractivity contribution in [2.45, 2.75) is 31.9 Å². The molecule has 1 fully saturated rings. The van der Waals surface area contributed by atoms with E-state index in [4.69, 9.17) is 16.4 Å². The smallest absolute Gasteiger partial charge is 0.410 e. The summed E-state index contributed by atoms with van der Waals surface area (Å²) in [4.78, 5) is 13.1. The molecule has 17 heavy (non-hydrogen) atoms. The fourth-order valence-corrected chi connectivity index (χ4v) is 1.50. The molecule has 0 saturated carbocycles. The molecule has 0 atom stereocenters. The number of likely N-dealkylation sites (tertiary alicyclic amines) is 1. The molecule has 1 aliphatic rings. The van der Waals surface area contributed by atoms with Gasteiger partial charge in [-0.05, 0) is 20.8 Å². The Kier molecular flexibility index (Phi) is 3.65.